The van der Waals surface area contributed by atoms with Gasteiger partial charge in [0.2, 0.25) is 0 Å². The molecule has 4 aromatic heterocycles. The summed E-state index contributed by atoms with van der Waals surface area (Å²) >= 11 is 0. The minimum absolute atomic E-state index is 0.540. The lowest BCUT2D eigenvalue weighted by atomic mass is 9.97. The Hall–Kier alpha value is -8.61. The first-order valence-electron chi connectivity index (χ1n) is 21.1. The Morgan fingerprint density at radius 2 is 0.810 bits per heavy atom. The molecule has 0 spiro atoms. The number of hydrogen-bond donors (Lipinski definition) is 0. The molecule has 0 amide bonds. The van der Waals surface area contributed by atoms with E-state index < -0.39 is 0 Å². The molecule has 0 bridgehead atoms. The highest BCUT2D eigenvalue weighted by Crippen LogP contribution is 2.42. The van der Waals surface area contributed by atoms with Gasteiger partial charge in [0.1, 0.15) is 22.3 Å². The Kier molecular flexibility index (Phi) is 7.80. The van der Waals surface area contributed by atoms with Crippen LogP contribution < -0.4 is 0 Å². The molecule has 0 saturated carbocycles. The number of aromatic nitrogens is 4. The van der Waals surface area contributed by atoms with Gasteiger partial charge in [-0.05, 0) is 76.9 Å². The molecule has 0 aliphatic heterocycles. The van der Waals surface area contributed by atoms with Crippen molar-refractivity contribution in [2.75, 3.05) is 0 Å². The third-order valence-corrected chi connectivity index (χ3v) is 12.3. The molecule has 9 aromatic carbocycles. The Labute approximate surface area is 361 Å². The average molecular weight is 807 g/mol. The maximum atomic E-state index is 6.71. The highest BCUT2D eigenvalue weighted by Gasteiger charge is 2.21. The van der Waals surface area contributed by atoms with Gasteiger partial charge in [0.25, 0.3) is 0 Å². The van der Waals surface area contributed by atoms with Crippen LogP contribution in [0.2, 0.25) is 0 Å². The predicted octanol–water partition coefficient (Wildman–Crippen LogP) is 15.1. The summed E-state index contributed by atoms with van der Waals surface area (Å²) in [6, 6.07) is 71.4. The second-order valence-corrected chi connectivity index (χ2v) is 15.9. The van der Waals surface area contributed by atoms with Gasteiger partial charge in [0.05, 0.1) is 22.1 Å². The minimum atomic E-state index is 0.540. The zero-order valence-corrected chi connectivity index (χ0v) is 33.7. The summed E-state index contributed by atoms with van der Waals surface area (Å²) < 4.78 is 15.6. The second kappa shape index (κ2) is 14.0. The van der Waals surface area contributed by atoms with Gasteiger partial charge in [0.15, 0.2) is 17.5 Å². The zero-order chi connectivity index (χ0) is 41.4. The lowest BCUT2D eigenvalue weighted by molar-refractivity contribution is 0.668. The van der Waals surface area contributed by atoms with Crippen LogP contribution in [0.3, 0.4) is 0 Å². The molecule has 0 fully saturated rings. The molecule has 63 heavy (non-hydrogen) atoms. The molecule has 0 unspecified atom stereocenters. The number of furan rings is 2. The number of nitrogens with zero attached hydrogens (tertiary/aromatic N) is 4. The molecule has 4 heterocycles. The predicted molar refractivity (Wildman–Crippen MR) is 256 cm³/mol. The molecule has 0 saturated heterocycles. The van der Waals surface area contributed by atoms with Crippen LogP contribution in [-0.4, -0.2) is 19.5 Å². The normalized spacial score (nSPS) is 11.8. The Morgan fingerprint density at radius 3 is 1.54 bits per heavy atom. The molecule has 0 aliphatic carbocycles. The summed E-state index contributed by atoms with van der Waals surface area (Å²) in [6.07, 6.45) is 0. The van der Waals surface area contributed by atoms with Crippen LogP contribution in [0.25, 0.3) is 128 Å². The summed E-state index contributed by atoms with van der Waals surface area (Å²) in [5.41, 5.74) is 13.4. The molecule has 0 atom stereocenters. The van der Waals surface area contributed by atoms with Gasteiger partial charge in [-0.15, -0.1) is 0 Å². The smallest absolute Gasteiger partial charge is 0.164 e. The van der Waals surface area contributed by atoms with E-state index in [0.717, 1.165) is 99.5 Å². The van der Waals surface area contributed by atoms with E-state index in [-0.39, 0.29) is 0 Å². The monoisotopic (exact) mass is 806 g/mol. The first kappa shape index (κ1) is 35.2. The van der Waals surface area contributed by atoms with Crippen molar-refractivity contribution in [2.45, 2.75) is 0 Å². The van der Waals surface area contributed by atoms with Crippen molar-refractivity contribution < 1.29 is 8.83 Å². The van der Waals surface area contributed by atoms with Crippen molar-refractivity contribution in [2.24, 2.45) is 0 Å². The van der Waals surface area contributed by atoms with Crippen LogP contribution in [0, 0.1) is 0 Å². The van der Waals surface area contributed by atoms with E-state index in [4.69, 9.17) is 23.8 Å². The van der Waals surface area contributed by atoms with Crippen molar-refractivity contribution in [1.29, 1.82) is 0 Å². The Bertz CT molecular complexity index is 3850. The van der Waals surface area contributed by atoms with E-state index >= 15 is 0 Å². The van der Waals surface area contributed by atoms with E-state index in [2.05, 4.69) is 180 Å². The van der Waals surface area contributed by atoms with Crippen molar-refractivity contribution in [1.82, 2.24) is 19.5 Å². The topological polar surface area (TPSA) is 69.9 Å². The maximum Gasteiger partial charge on any atom is 0.164 e. The number of rotatable bonds is 6. The van der Waals surface area contributed by atoms with Crippen molar-refractivity contribution in [3.8, 4) is 62.1 Å². The molecule has 6 heteroatoms. The van der Waals surface area contributed by atoms with Crippen LogP contribution in [0.4, 0.5) is 0 Å². The van der Waals surface area contributed by atoms with Gasteiger partial charge >= 0.3 is 0 Å². The first-order valence-corrected chi connectivity index (χ1v) is 21.1. The van der Waals surface area contributed by atoms with Crippen LogP contribution >= 0.6 is 0 Å². The van der Waals surface area contributed by atoms with Crippen molar-refractivity contribution in [3.63, 3.8) is 0 Å². The number of fused-ring (bicyclic) bond motifs is 9. The SMILES string of the molecule is c1ccc(-c2ccc(-c3nc(-c4ccc5c(c4)oc4cccc(-n6c7ccccc7c7ccccc76)c45)nc(-c4cc(-c5ccccc5)c5c(c4)oc4ccccc45)n3)cc2)cc1. The van der Waals surface area contributed by atoms with E-state index in [1.165, 1.54) is 10.8 Å². The average Bonchev–Trinajstić information content (AvgIpc) is 4.04. The van der Waals surface area contributed by atoms with Crippen LogP contribution in [0.5, 0.6) is 0 Å². The van der Waals surface area contributed by atoms with E-state index in [9.17, 15) is 0 Å². The number of hydrogen-bond acceptors (Lipinski definition) is 5. The number of para-hydroxylation sites is 3. The first-order chi connectivity index (χ1) is 31.2. The van der Waals surface area contributed by atoms with Gasteiger partial charge in [-0.2, -0.15) is 0 Å². The fraction of sp³-hybridized carbons (Fsp3) is 0. The third-order valence-electron chi connectivity index (χ3n) is 12.3. The molecule has 13 rings (SSSR count). The summed E-state index contributed by atoms with van der Waals surface area (Å²) in [4.78, 5) is 15.6. The lowest BCUT2D eigenvalue weighted by Gasteiger charge is -2.11. The molecule has 294 valence electrons. The highest BCUT2D eigenvalue weighted by atomic mass is 16.3. The molecule has 0 radical (unpaired) electrons. The standard InChI is InChI=1S/C57H34N4O2/c1-3-14-35(15-4-1)36-26-28-38(29-27-36)55-58-56(60-57(59-55)40-32-45(37-16-5-2-6-17-37)53-43-20-9-12-24-49(43)62-52(53)34-40)39-30-31-44-51(33-39)63-50-25-13-23-48(54(44)50)61-46-21-10-7-18-41(46)42-19-8-11-22-47(42)61/h1-34H. The molecule has 0 aliphatic rings. The van der Waals surface area contributed by atoms with Crippen LogP contribution in [-0.2, 0) is 0 Å². The van der Waals surface area contributed by atoms with Gasteiger partial charge in [-0.3, -0.25) is 0 Å². The summed E-state index contributed by atoms with van der Waals surface area (Å²) in [5.74, 6) is 1.65. The summed E-state index contributed by atoms with van der Waals surface area (Å²) in [7, 11) is 0. The summed E-state index contributed by atoms with van der Waals surface area (Å²) in [6.45, 7) is 0. The number of benzene rings is 9. The van der Waals surface area contributed by atoms with E-state index in [1.54, 1.807) is 0 Å². The minimum Gasteiger partial charge on any atom is -0.456 e. The van der Waals surface area contributed by atoms with Gasteiger partial charge < -0.3 is 13.4 Å². The van der Waals surface area contributed by atoms with Crippen LogP contribution in [0.1, 0.15) is 0 Å². The third kappa shape index (κ3) is 5.69. The Balaban J connectivity index is 1.01. The molecular weight excluding hydrogens is 773 g/mol. The van der Waals surface area contributed by atoms with Crippen molar-refractivity contribution in [3.05, 3.63) is 206 Å². The van der Waals surface area contributed by atoms with Gasteiger partial charge in [0, 0.05) is 43.6 Å². The zero-order valence-electron chi connectivity index (χ0n) is 33.7. The van der Waals surface area contributed by atoms with Gasteiger partial charge in [-0.1, -0.05) is 152 Å². The fourth-order valence-corrected chi connectivity index (χ4v) is 9.35. The molecule has 6 nitrogen and oxygen atoms in total. The lowest BCUT2D eigenvalue weighted by Crippen LogP contribution is -2.00. The van der Waals surface area contributed by atoms with E-state index in [0.29, 0.717) is 17.5 Å². The molecule has 0 N–H and O–H groups in total. The van der Waals surface area contributed by atoms with Gasteiger partial charge in [-0.25, -0.2) is 15.0 Å². The Morgan fingerprint density at radius 1 is 0.302 bits per heavy atom. The second-order valence-electron chi connectivity index (χ2n) is 15.9. The summed E-state index contributed by atoms with van der Waals surface area (Å²) in [5, 5.41) is 6.61. The maximum absolute atomic E-state index is 6.71. The van der Waals surface area contributed by atoms with Crippen LogP contribution in [0.15, 0.2) is 215 Å². The molecule has 13 aromatic rings. The highest BCUT2D eigenvalue weighted by molar-refractivity contribution is 6.15. The largest absolute Gasteiger partial charge is 0.456 e. The fourth-order valence-electron chi connectivity index (χ4n) is 9.35. The van der Waals surface area contributed by atoms with E-state index in [1.807, 2.05) is 30.3 Å². The van der Waals surface area contributed by atoms with Crippen molar-refractivity contribution >= 4 is 65.7 Å². The molecular formula is C57H34N4O2. The quantitative estimate of drug-likeness (QED) is 0.167.